The highest BCUT2D eigenvalue weighted by Crippen LogP contribution is 2.32. The quantitative estimate of drug-likeness (QED) is 0.874. The Kier molecular flexibility index (Phi) is 3.66. The van der Waals surface area contributed by atoms with E-state index >= 15 is 0 Å². The van der Waals surface area contributed by atoms with Gasteiger partial charge in [-0.05, 0) is 43.5 Å². The number of aryl methyl sites for hydroxylation is 1. The Morgan fingerprint density at radius 2 is 2.22 bits per heavy atom. The first-order chi connectivity index (χ1) is 8.54. The summed E-state index contributed by atoms with van der Waals surface area (Å²) in [5, 5.41) is 0. The summed E-state index contributed by atoms with van der Waals surface area (Å²) < 4.78 is 13.4. The standard InChI is InChI=1S/C14H19FN2O/c1-3-17-13(18)7-6-12(16)14(17)11-8-10(15)5-4-9(11)2/h4-5,8,12,14H,3,6-7,16H2,1-2H3. The summed E-state index contributed by atoms with van der Waals surface area (Å²) in [5.74, 6) is -0.176. The van der Waals surface area contributed by atoms with Gasteiger partial charge in [0.1, 0.15) is 5.82 Å². The zero-order chi connectivity index (χ0) is 13.3. The fourth-order valence-corrected chi connectivity index (χ4v) is 2.68. The van der Waals surface area contributed by atoms with Gasteiger partial charge in [-0.1, -0.05) is 6.07 Å². The highest BCUT2D eigenvalue weighted by Gasteiger charge is 2.34. The van der Waals surface area contributed by atoms with E-state index in [4.69, 9.17) is 5.73 Å². The molecule has 3 nitrogen and oxygen atoms in total. The van der Waals surface area contributed by atoms with Gasteiger partial charge in [0.25, 0.3) is 0 Å². The van der Waals surface area contributed by atoms with E-state index in [2.05, 4.69) is 0 Å². The van der Waals surface area contributed by atoms with Gasteiger partial charge in [-0.2, -0.15) is 0 Å². The van der Waals surface area contributed by atoms with E-state index in [1.54, 1.807) is 11.0 Å². The van der Waals surface area contributed by atoms with Crippen molar-refractivity contribution in [1.29, 1.82) is 0 Å². The van der Waals surface area contributed by atoms with Crippen molar-refractivity contribution in [2.75, 3.05) is 6.54 Å². The van der Waals surface area contributed by atoms with Crippen LogP contribution in [-0.2, 0) is 4.79 Å². The maximum absolute atomic E-state index is 13.4. The predicted octanol–water partition coefficient (Wildman–Crippen LogP) is 2.14. The van der Waals surface area contributed by atoms with Crippen molar-refractivity contribution in [3.8, 4) is 0 Å². The average Bonchev–Trinajstić information content (AvgIpc) is 2.35. The van der Waals surface area contributed by atoms with Crippen LogP contribution in [-0.4, -0.2) is 23.4 Å². The second-order valence-electron chi connectivity index (χ2n) is 4.83. The Balaban J connectivity index is 2.44. The Morgan fingerprint density at radius 1 is 1.50 bits per heavy atom. The summed E-state index contributed by atoms with van der Waals surface area (Å²) in [7, 11) is 0. The van der Waals surface area contributed by atoms with E-state index in [1.807, 2.05) is 13.8 Å². The van der Waals surface area contributed by atoms with Crippen molar-refractivity contribution in [2.24, 2.45) is 5.73 Å². The lowest BCUT2D eigenvalue weighted by molar-refractivity contribution is -0.137. The topological polar surface area (TPSA) is 46.3 Å². The minimum absolute atomic E-state index is 0.105. The normalized spacial score (nSPS) is 24.4. The third kappa shape index (κ3) is 2.25. The molecule has 0 bridgehead atoms. The third-order valence-electron chi connectivity index (χ3n) is 3.65. The second kappa shape index (κ2) is 5.06. The summed E-state index contributed by atoms with van der Waals surface area (Å²) in [6, 6.07) is 4.35. The van der Waals surface area contributed by atoms with Crippen LogP contribution < -0.4 is 5.73 Å². The molecule has 1 heterocycles. The predicted molar refractivity (Wildman–Crippen MR) is 68.5 cm³/mol. The summed E-state index contributed by atoms with van der Waals surface area (Å²) in [6.45, 7) is 4.46. The molecule has 0 aromatic heterocycles. The molecule has 2 rings (SSSR count). The molecule has 1 aliphatic heterocycles. The number of piperidine rings is 1. The number of hydrogen-bond donors (Lipinski definition) is 1. The minimum Gasteiger partial charge on any atom is -0.334 e. The molecular weight excluding hydrogens is 231 g/mol. The molecule has 1 aromatic rings. The van der Waals surface area contributed by atoms with Crippen LogP contribution in [0.4, 0.5) is 4.39 Å². The number of carbonyl (C=O) groups is 1. The lowest BCUT2D eigenvalue weighted by Crippen LogP contribution is -2.48. The molecule has 1 aliphatic rings. The number of rotatable bonds is 2. The molecule has 2 atom stereocenters. The van der Waals surface area contributed by atoms with Crippen molar-refractivity contribution in [3.63, 3.8) is 0 Å². The molecule has 0 aliphatic carbocycles. The number of likely N-dealkylation sites (tertiary alicyclic amines) is 1. The van der Waals surface area contributed by atoms with Crippen LogP contribution >= 0.6 is 0 Å². The number of likely N-dealkylation sites (N-methyl/N-ethyl adjacent to an activating group) is 1. The van der Waals surface area contributed by atoms with E-state index in [0.717, 1.165) is 11.1 Å². The molecule has 1 fully saturated rings. The molecule has 1 amide bonds. The van der Waals surface area contributed by atoms with Crippen LogP contribution in [0.25, 0.3) is 0 Å². The number of halogens is 1. The van der Waals surface area contributed by atoms with Crippen LogP contribution in [0, 0.1) is 12.7 Å². The van der Waals surface area contributed by atoms with Crippen LogP contribution in [0.5, 0.6) is 0 Å². The van der Waals surface area contributed by atoms with E-state index in [9.17, 15) is 9.18 Å². The second-order valence-corrected chi connectivity index (χ2v) is 4.83. The number of benzene rings is 1. The summed E-state index contributed by atoms with van der Waals surface area (Å²) in [6.07, 6.45) is 1.15. The largest absolute Gasteiger partial charge is 0.334 e. The van der Waals surface area contributed by atoms with Crippen LogP contribution in [0.2, 0.25) is 0 Å². The van der Waals surface area contributed by atoms with Crippen molar-refractivity contribution in [1.82, 2.24) is 4.90 Å². The van der Waals surface area contributed by atoms with E-state index in [-0.39, 0.29) is 23.8 Å². The molecule has 18 heavy (non-hydrogen) atoms. The van der Waals surface area contributed by atoms with E-state index in [0.29, 0.717) is 19.4 Å². The van der Waals surface area contributed by atoms with Gasteiger partial charge in [-0.25, -0.2) is 4.39 Å². The van der Waals surface area contributed by atoms with Gasteiger partial charge in [0, 0.05) is 19.0 Å². The molecule has 1 aromatic carbocycles. The molecule has 0 spiro atoms. The first kappa shape index (κ1) is 13.0. The van der Waals surface area contributed by atoms with Crippen LogP contribution in [0.3, 0.4) is 0 Å². The van der Waals surface area contributed by atoms with Crippen LogP contribution in [0.15, 0.2) is 18.2 Å². The number of amides is 1. The maximum atomic E-state index is 13.4. The SMILES string of the molecule is CCN1C(=O)CCC(N)C1c1cc(F)ccc1C. The molecule has 2 N–H and O–H groups in total. The highest BCUT2D eigenvalue weighted by molar-refractivity contribution is 5.78. The van der Waals surface area contributed by atoms with Gasteiger partial charge >= 0.3 is 0 Å². The first-order valence-corrected chi connectivity index (χ1v) is 6.35. The van der Waals surface area contributed by atoms with Gasteiger partial charge < -0.3 is 10.6 Å². The lowest BCUT2D eigenvalue weighted by atomic mass is 9.88. The fourth-order valence-electron chi connectivity index (χ4n) is 2.68. The zero-order valence-corrected chi connectivity index (χ0v) is 10.8. The fraction of sp³-hybridized carbons (Fsp3) is 0.500. The minimum atomic E-state index is -0.281. The van der Waals surface area contributed by atoms with Gasteiger partial charge in [0.15, 0.2) is 0 Å². The number of carbonyl (C=O) groups excluding carboxylic acids is 1. The monoisotopic (exact) mass is 250 g/mol. The number of nitrogens with zero attached hydrogens (tertiary/aromatic N) is 1. The van der Waals surface area contributed by atoms with Gasteiger partial charge in [0.05, 0.1) is 6.04 Å². The molecule has 1 saturated heterocycles. The maximum Gasteiger partial charge on any atom is 0.223 e. The number of hydrogen-bond acceptors (Lipinski definition) is 2. The summed E-state index contributed by atoms with van der Waals surface area (Å²) >= 11 is 0. The third-order valence-corrected chi connectivity index (χ3v) is 3.65. The van der Waals surface area contributed by atoms with Crippen molar-refractivity contribution >= 4 is 5.91 Å². The van der Waals surface area contributed by atoms with Gasteiger partial charge in [0.2, 0.25) is 5.91 Å². The Labute approximate surface area is 107 Å². The zero-order valence-electron chi connectivity index (χ0n) is 10.8. The van der Waals surface area contributed by atoms with Crippen molar-refractivity contribution in [2.45, 2.75) is 38.8 Å². The Hall–Kier alpha value is -1.42. The summed E-state index contributed by atoms with van der Waals surface area (Å²) in [5.41, 5.74) is 7.95. The van der Waals surface area contributed by atoms with E-state index < -0.39 is 0 Å². The van der Waals surface area contributed by atoms with Crippen molar-refractivity contribution in [3.05, 3.63) is 35.1 Å². The highest BCUT2D eigenvalue weighted by atomic mass is 19.1. The molecule has 4 heteroatoms. The Morgan fingerprint density at radius 3 is 2.89 bits per heavy atom. The van der Waals surface area contributed by atoms with Crippen molar-refractivity contribution < 1.29 is 9.18 Å². The van der Waals surface area contributed by atoms with Gasteiger partial charge in [-0.3, -0.25) is 4.79 Å². The smallest absolute Gasteiger partial charge is 0.223 e. The average molecular weight is 250 g/mol. The van der Waals surface area contributed by atoms with Gasteiger partial charge in [-0.15, -0.1) is 0 Å². The molecule has 0 radical (unpaired) electrons. The molecule has 2 unspecified atom stereocenters. The van der Waals surface area contributed by atoms with E-state index in [1.165, 1.54) is 12.1 Å². The number of nitrogens with two attached hydrogens (primary N) is 1. The molecular formula is C14H19FN2O. The Bertz CT molecular complexity index is 461. The molecule has 98 valence electrons. The lowest BCUT2D eigenvalue weighted by Gasteiger charge is -2.40. The van der Waals surface area contributed by atoms with Crippen LogP contribution in [0.1, 0.15) is 36.9 Å². The first-order valence-electron chi connectivity index (χ1n) is 6.35. The summed E-state index contributed by atoms with van der Waals surface area (Å²) in [4.78, 5) is 13.7. The molecule has 0 saturated carbocycles.